The number of urea groups is 1. The van der Waals surface area contributed by atoms with E-state index < -0.39 is 6.03 Å². The molecule has 0 unspecified atom stereocenters. The first-order chi connectivity index (χ1) is 13.4. The van der Waals surface area contributed by atoms with Crippen molar-refractivity contribution >= 4 is 29.2 Å². The largest absolute Gasteiger partial charge is 0.323 e. The topological polar surface area (TPSA) is 78.5 Å². The quantitative estimate of drug-likeness (QED) is 0.716. The third kappa shape index (κ3) is 4.06. The van der Waals surface area contributed by atoms with Gasteiger partial charge in [0.15, 0.2) is 0 Å². The van der Waals surface area contributed by atoms with Gasteiger partial charge in [-0.15, -0.1) is 0 Å². The van der Waals surface area contributed by atoms with Gasteiger partial charge in [0.2, 0.25) is 0 Å². The normalized spacial score (nSPS) is 13.1. The van der Waals surface area contributed by atoms with Gasteiger partial charge in [-0.3, -0.25) is 14.5 Å². The summed E-state index contributed by atoms with van der Waals surface area (Å²) in [5.41, 5.74) is 3.08. The first-order valence-corrected chi connectivity index (χ1v) is 9.59. The molecule has 0 aliphatic carbocycles. The highest BCUT2D eigenvalue weighted by molar-refractivity contribution is 6.22. The predicted molar refractivity (Wildman–Crippen MR) is 110 cm³/mol. The minimum absolute atomic E-state index is 0.215. The van der Waals surface area contributed by atoms with Crippen LogP contribution in [0.3, 0.4) is 0 Å². The fourth-order valence-corrected chi connectivity index (χ4v) is 3.24. The summed E-state index contributed by atoms with van der Waals surface area (Å²) in [6.45, 7) is 5.74. The lowest BCUT2D eigenvalue weighted by molar-refractivity contribution is 0.0609. The summed E-state index contributed by atoms with van der Waals surface area (Å²) in [6, 6.07) is 11.9. The second-order valence-corrected chi connectivity index (χ2v) is 7.21. The molecule has 0 radical (unpaired) electrons. The highest BCUT2D eigenvalue weighted by Gasteiger charge is 2.37. The number of hydrogen-bond acceptors (Lipinski definition) is 3. The minimum Gasteiger partial charge on any atom is -0.308 e. The maximum absolute atomic E-state index is 12.5. The highest BCUT2D eigenvalue weighted by Crippen LogP contribution is 2.27. The van der Waals surface area contributed by atoms with E-state index in [1.165, 1.54) is 10.5 Å². The van der Waals surface area contributed by atoms with Crippen LogP contribution >= 0.6 is 0 Å². The number of imide groups is 1. The number of rotatable bonds is 6. The Bertz CT molecular complexity index is 904. The van der Waals surface area contributed by atoms with Crippen LogP contribution in [0.15, 0.2) is 42.5 Å². The number of fused-ring (bicyclic) bond motifs is 1. The molecule has 4 amide bonds. The van der Waals surface area contributed by atoms with Crippen LogP contribution in [0.2, 0.25) is 0 Å². The Balaban J connectivity index is 1.66. The molecule has 2 aromatic rings. The lowest BCUT2D eigenvalue weighted by Crippen LogP contribution is -2.35. The minimum atomic E-state index is -0.404. The molecule has 2 aromatic carbocycles. The molecule has 0 fully saturated rings. The van der Waals surface area contributed by atoms with Crippen molar-refractivity contribution in [1.82, 2.24) is 4.90 Å². The lowest BCUT2D eigenvalue weighted by atomic mass is 10.1. The molecular weight excluding hydrogens is 354 g/mol. The number of anilines is 2. The summed E-state index contributed by atoms with van der Waals surface area (Å²) in [4.78, 5) is 38.3. The molecular formula is C22H25N3O3. The molecule has 0 bridgehead atoms. The molecule has 2 N–H and O–H groups in total. The molecule has 146 valence electrons. The van der Waals surface area contributed by atoms with Crippen LogP contribution in [0.25, 0.3) is 0 Å². The van der Waals surface area contributed by atoms with E-state index in [0.29, 0.717) is 22.5 Å². The van der Waals surface area contributed by atoms with Crippen molar-refractivity contribution < 1.29 is 14.4 Å². The third-order valence-electron chi connectivity index (χ3n) is 4.72. The third-order valence-corrected chi connectivity index (χ3v) is 4.72. The molecule has 28 heavy (non-hydrogen) atoms. The maximum Gasteiger partial charge on any atom is 0.323 e. The van der Waals surface area contributed by atoms with Gasteiger partial charge >= 0.3 is 6.03 Å². The zero-order chi connectivity index (χ0) is 20.3. The Kier molecular flexibility index (Phi) is 5.78. The summed E-state index contributed by atoms with van der Waals surface area (Å²) in [5.74, 6) is -0.629. The van der Waals surface area contributed by atoms with E-state index in [9.17, 15) is 14.4 Å². The number of benzene rings is 2. The Morgan fingerprint density at radius 2 is 1.54 bits per heavy atom. The van der Waals surface area contributed by atoms with E-state index in [1.807, 2.05) is 24.3 Å². The van der Waals surface area contributed by atoms with Gasteiger partial charge in [0.25, 0.3) is 11.8 Å². The predicted octanol–water partition coefficient (Wildman–Crippen LogP) is 4.68. The van der Waals surface area contributed by atoms with Gasteiger partial charge in [0.05, 0.1) is 11.1 Å². The van der Waals surface area contributed by atoms with Crippen LogP contribution in [0.4, 0.5) is 16.2 Å². The molecule has 0 aromatic heterocycles. The summed E-state index contributed by atoms with van der Waals surface area (Å²) in [5, 5.41) is 5.49. The van der Waals surface area contributed by atoms with E-state index in [2.05, 4.69) is 17.6 Å². The average molecular weight is 379 g/mol. The van der Waals surface area contributed by atoms with Crippen LogP contribution in [0, 0.1) is 0 Å². The Hall–Kier alpha value is -3.15. The van der Waals surface area contributed by atoms with Gasteiger partial charge < -0.3 is 10.6 Å². The molecule has 6 nitrogen and oxygen atoms in total. The monoisotopic (exact) mass is 379 g/mol. The molecule has 0 atom stereocenters. The number of unbranched alkanes of at least 4 members (excludes halogenated alkanes) is 1. The van der Waals surface area contributed by atoms with Gasteiger partial charge in [-0.1, -0.05) is 25.5 Å². The number of carbonyl (C=O) groups is 3. The number of amides is 4. The highest BCUT2D eigenvalue weighted by atomic mass is 16.2. The fraction of sp³-hybridized carbons (Fsp3) is 0.318. The van der Waals surface area contributed by atoms with Crippen LogP contribution in [-0.2, 0) is 6.42 Å². The Morgan fingerprint density at radius 3 is 2.18 bits per heavy atom. The van der Waals surface area contributed by atoms with E-state index in [1.54, 1.807) is 32.0 Å². The summed E-state index contributed by atoms with van der Waals surface area (Å²) in [6.07, 6.45) is 3.31. The number of aryl methyl sites for hydroxylation is 1. The molecule has 1 aliphatic rings. The van der Waals surface area contributed by atoms with Crippen LogP contribution < -0.4 is 10.6 Å². The van der Waals surface area contributed by atoms with Crippen molar-refractivity contribution in [2.75, 3.05) is 10.6 Å². The lowest BCUT2D eigenvalue weighted by Gasteiger charge is -2.17. The van der Waals surface area contributed by atoms with Gasteiger partial charge in [-0.05, 0) is 62.6 Å². The van der Waals surface area contributed by atoms with Crippen molar-refractivity contribution in [3.63, 3.8) is 0 Å². The van der Waals surface area contributed by atoms with Crippen molar-refractivity contribution in [2.45, 2.75) is 46.1 Å². The van der Waals surface area contributed by atoms with E-state index in [-0.39, 0.29) is 17.9 Å². The molecule has 3 rings (SSSR count). The molecule has 1 aliphatic heterocycles. The summed E-state index contributed by atoms with van der Waals surface area (Å²) < 4.78 is 0. The number of carbonyl (C=O) groups excluding carboxylic acids is 3. The van der Waals surface area contributed by atoms with Crippen LogP contribution in [0.5, 0.6) is 0 Å². The van der Waals surface area contributed by atoms with E-state index in [4.69, 9.17) is 0 Å². The van der Waals surface area contributed by atoms with Crippen LogP contribution in [-0.4, -0.2) is 28.8 Å². The van der Waals surface area contributed by atoms with E-state index >= 15 is 0 Å². The molecule has 1 heterocycles. The second kappa shape index (κ2) is 8.25. The first-order valence-electron chi connectivity index (χ1n) is 9.59. The average Bonchev–Trinajstić information content (AvgIpc) is 2.91. The molecule has 0 saturated heterocycles. The van der Waals surface area contributed by atoms with Gasteiger partial charge in [-0.2, -0.15) is 0 Å². The Morgan fingerprint density at radius 1 is 0.929 bits per heavy atom. The maximum atomic E-state index is 12.5. The van der Waals surface area contributed by atoms with Crippen molar-refractivity contribution in [2.24, 2.45) is 0 Å². The standard InChI is InChI=1S/C22H25N3O3/c1-4-5-6-15-7-9-16(10-8-15)23-22(28)24-17-11-12-18-19(13-17)21(27)25(14(2)3)20(18)26/h7-14H,4-6H2,1-3H3,(H2,23,24,28). The summed E-state index contributed by atoms with van der Waals surface area (Å²) in [7, 11) is 0. The second-order valence-electron chi connectivity index (χ2n) is 7.21. The molecule has 6 heteroatoms. The Labute approximate surface area is 164 Å². The van der Waals surface area contributed by atoms with Gasteiger partial charge in [0, 0.05) is 17.4 Å². The van der Waals surface area contributed by atoms with E-state index in [0.717, 1.165) is 19.3 Å². The number of nitrogens with one attached hydrogen (secondary N) is 2. The summed E-state index contributed by atoms with van der Waals surface area (Å²) >= 11 is 0. The SMILES string of the molecule is CCCCc1ccc(NC(=O)Nc2ccc3c(c2)C(=O)N(C(C)C)C3=O)cc1. The molecule has 0 spiro atoms. The first kappa shape index (κ1) is 19.6. The van der Waals surface area contributed by atoms with Crippen molar-refractivity contribution in [1.29, 1.82) is 0 Å². The zero-order valence-corrected chi connectivity index (χ0v) is 16.4. The smallest absolute Gasteiger partial charge is 0.308 e. The van der Waals surface area contributed by atoms with Crippen LogP contribution in [0.1, 0.15) is 59.9 Å². The fourth-order valence-electron chi connectivity index (χ4n) is 3.24. The number of hydrogen-bond donors (Lipinski definition) is 2. The van der Waals surface area contributed by atoms with Crippen molar-refractivity contribution in [3.8, 4) is 0 Å². The number of nitrogens with zero attached hydrogens (tertiary/aromatic N) is 1. The van der Waals surface area contributed by atoms with Gasteiger partial charge in [-0.25, -0.2) is 4.79 Å². The molecule has 0 saturated carbocycles. The zero-order valence-electron chi connectivity index (χ0n) is 16.4. The van der Waals surface area contributed by atoms with Crippen molar-refractivity contribution in [3.05, 3.63) is 59.2 Å². The van der Waals surface area contributed by atoms with Gasteiger partial charge in [0.1, 0.15) is 0 Å².